The Balaban J connectivity index is 2.39. The molecule has 0 fully saturated rings. The summed E-state index contributed by atoms with van der Waals surface area (Å²) < 4.78 is 10.8. The van der Waals surface area contributed by atoms with E-state index in [0.717, 1.165) is 10.4 Å². The fraction of sp³-hybridized carbons (Fsp3) is 0.250. The van der Waals surface area contributed by atoms with Gasteiger partial charge in [0.1, 0.15) is 0 Å². The van der Waals surface area contributed by atoms with Crippen molar-refractivity contribution in [2.45, 2.75) is 13.0 Å². The maximum Gasteiger partial charge on any atom is 0.254 e. The Kier molecular flexibility index (Phi) is 6.83. The van der Waals surface area contributed by atoms with E-state index in [1.54, 1.807) is 48.7 Å². The van der Waals surface area contributed by atoms with Crippen molar-refractivity contribution in [1.29, 1.82) is 0 Å². The Labute approximate surface area is 153 Å². The molecule has 0 saturated heterocycles. The number of carbonyl (C=O) groups is 1. The van der Waals surface area contributed by atoms with Crippen LogP contribution in [0.5, 0.6) is 11.5 Å². The first-order valence-corrected chi connectivity index (χ1v) is 8.80. The van der Waals surface area contributed by atoms with Gasteiger partial charge < -0.3 is 14.4 Å². The van der Waals surface area contributed by atoms with Crippen molar-refractivity contribution in [2.24, 2.45) is 0 Å². The summed E-state index contributed by atoms with van der Waals surface area (Å²) in [5.41, 5.74) is 1.43. The standard InChI is InChI=1S/C20H23NO3S/c1-5-8-15-12-16(13-18(23-3)19(15)24-4)20(22)21(10-6-2)14-17-9-7-11-25-17/h5-7,9,11-13H,1-2,8,10,14H2,3-4H3. The summed E-state index contributed by atoms with van der Waals surface area (Å²) in [6.07, 6.45) is 4.10. The highest BCUT2D eigenvalue weighted by molar-refractivity contribution is 7.09. The van der Waals surface area contributed by atoms with Crippen LogP contribution in [0.1, 0.15) is 20.8 Å². The summed E-state index contributed by atoms with van der Waals surface area (Å²) in [7, 11) is 3.16. The molecular formula is C20H23NO3S. The Hall–Kier alpha value is -2.53. The number of amides is 1. The van der Waals surface area contributed by atoms with Gasteiger partial charge in [0.25, 0.3) is 5.91 Å². The van der Waals surface area contributed by atoms with Gasteiger partial charge in [0.2, 0.25) is 0 Å². The van der Waals surface area contributed by atoms with E-state index in [1.165, 1.54) is 0 Å². The molecule has 2 rings (SSSR count). The normalized spacial score (nSPS) is 10.2. The fourth-order valence-corrected chi connectivity index (χ4v) is 3.34. The van der Waals surface area contributed by atoms with Crippen molar-refractivity contribution in [1.82, 2.24) is 4.90 Å². The van der Waals surface area contributed by atoms with Gasteiger partial charge >= 0.3 is 0 Å². The van der Waals surface area contributed by atoms with Gasteiger partial charge in [-0.25, -0.2) is 0 Å². The number of thiophene rings is 1. The summed E-state index contributed by atoms with van der Waals surface area (Å²) in [5.74, 6) is 1.10. The Bertz CT molecular complexity index is 738. The molecule has 0 spiro atoms. The summed E-state index contributed by atoms with van der Waals surface area (Å²) >= 11 is 1.63. The number of ether oxygens (including phenoxy) is 2. The second kappa shape index (κ2) is 9.08. The number of nitrogens with zero attached hydrogens (tertiary/aromatic N) is 1. The minimum Gasteiger partial charge on any atom is -0.493 e. The van der Waals surface area contributed by atoms with Crippen LogP contribution in [0.15, 0.2) is 55.0 Å². The number of carbonyl (C=O) groups excluding carboxylic acids is 1. The molecule has 0 aliphatic carbocycles. The van der Waals surface area contributed by atoms with Crippen LogP contribution in [0.25, 0.3) is 0 Å². The summed E-state index contributed by atoms with van der Waals surface area (Å²) in [5, 5.41) is 2.00. The minimum atomic E-state index is -0.0698. The van der Waals surface area contributed by atoms with Gasteiger partial charge in [-0.05, 0) is 30.0 Å². The second-order valence-corrected chi connectivity index (χ2v) is 6.45. The average molecular weight is 357 g/mol. The second-order valence-electron chi connectivity index (χ2n) is 5.42. The molecule has 5 heteroatoms. The van der Waals surface area contributed by atoms with E-state index in [1.807, 2.05) is 23.6 Å². The molecule has 1 aromatic heterocycles. The number of benzene rings is 1. The first kappa shape index (κ1) is 18.8. The van der Waals surface area contributed by atoms with E-state index in [-0.39, 0.29) is 5.91 Å². The minimum absolute atomic E-state index is 0.0698. The average Bonchev–Trinajstić information content (AvgIpc) is 3.13. The number of rotatable bonds is 9. The monoisotopic (exact) mass is 357 g/mol. The van der Waals surface area contributed by atoms with Gasteiger partial charge in [-0.2, -0.15) is 0 Å². The van der Waals surface area contributed by atoms with Crippen LogP contribution in [0, 0.1) is 0 Å². The third kappa shape index (κ3) is 4.51. The van der Waals surface area contributed by atoms with Crippen molar-refractivity contribution in [3.63, 3.8) is 0 Å². The van der Waals surface area contributed by atoms with Crippen molar-refractivity contribution < 1.29 is 14.3 Å². The number of methoxy groups -OCH3 is 2. The number of hydrogen-bond acceptors (Lipinski definition) is 4. The molecule has 132 valence electrons. The number of allylic oxidation sites excluding steroid dienone is 1. The molecule has 0 saturated carbocycles. The molecular weight excluding hydrogens is 334 g/mol. The molecule has 0 bridgehead atoms. The van der Waals surface area contributed by atoms with Crippen molar-refractivity contribution in [2.75, 3.05) is 20.8 Å². The van der Waals surface area contributed by atoms with Crippen LogP contribution in [-0.2, 0) is 13.0 Å². The predicted molar refractivity (Wildman–Crippen MR) is 103 cm³/mol. The Morgan fingerprint density at radius 1 is 1.24 bits per heavy atom. The zero-order valence-corrected chi connectivity index (χ0v) is 15.5. The zero-order chi connectivity index (χ0) is 18.2. The maximum absolute atomic E-state index is 13.0. The van der Waals surface area contributed by atoms with Crippen LogP contribution < -0.4 is 9.47 Å². The first-order chi connectivity index (χ1) is 12.1. The Morgan fingerprint density at radius 2 is 2.04 bits per heavy atom. The van der Waals surface area contributed by atoms with Gasteiger partial charge in [-0.3, -0.25) is 4.79 Å². The molecule has 0 unspecified atom stereocenters. The summed E-state index contributed by atoms with van der Waals surface area (Å²) in [6.45, 7) is 8.56. The van der Waals surface area contributed by atoms with E-state index in [2.05, 4.69) is 13.2 Å². The largest absolute Gasteiger partial charge is 0.493 e. The molecule has 0 N–H and O–H groups in total. The highest BCUT2D eigenvalue weighted by atomic mass is 32.1. The highest BCUT2D eigenvalue weighted by Gasteiger charge is 2.20. The van der Waals surface area contributed by atoms with E-state index in [9.17, 15) is 4.79 Å². The SMILES string of the molecule is C=CCc1cc(C(=O)N(CC=C)Cc2cccs2)cc(OC)c1OC. The molecule has 0 radical (unpaired) electrons. The van der Waals surface area contributed by atoms with Gasteiger partial charge in [0.15, 0.2) is 11.5 Å². The lowest BCUT2D eigenvalue weighted by molar-refractivity contribution is 0.0763. The highest BCUT2D eigenvalue weighted by Crippen LogP contribution is 2.33. The molecule has 1 heterocycles. The smallest absolute Gasteiger partial charge is 0.254 e. The van der Waals surface area contributed by atoms with Crippen LogP contribution >= 0.6 is 11.3 Å². The third-order valence-electron chi connectivity index (χ3n) is 3.73. The molecule has 0 aliphatic rings. The van der Waals surface area contributed by atoms with Gasteiger partial charge in [0, 0.05) is 22.5 Å². The van der Waals surface area contributed by atoms with Crippen LogP contribution in [-0.4, -0.2) is 31.6 Å². The number of hydrogen-bond donors (Lipinski definition) is 0. The third-order valence-corrected chi connectivity index (χ3v) is 4.59. The lowest BCUT2D eigenvalue weighted by atomic mass is 10.0. The molecule has 4 nitrogen and oxygen atoms in total. The molecule has 25 heavy (non-hydrogen) atoms. The quantitative estimate of drug-likeness (QED) is 0.627. The molecule has 0 atom stereocenters. The van der Waals surface area contributed by atoms with Gasteiger partial charge in [-0.15, -0.1) is 24.5 Å². The van der Waals surface area contributed by atoms with Crippen molar-refractivity contribution in [3.8, 4) is 11.5 Å². The van der Waals surface area contributed by atoms with Crippen LogP contribution in [0.4, 0.5) is 0 Å². The molecule has 1 aromatic carbocycles. The first-order valence-electron chi connectivity index (χ1n) is 7.92. The summed E-state index contributed by atoms with van der Waals surface area (Å²) in [6, 6.07) is 7.56. The van der Waals surface area contributed by atoms with E-state index in [0.29, 0.717) is 36.6 Å². The van der Waals surface area contributed by atoms with E-state index < -0.39 is 0 Å². The molecule has 2 aromatic rings. The lowest BCUT2D eigenvalue weighted by Crippen LogP contribution is -2.30. The predicted octanol–water partition coefficient (Wildman–Crippen LogP) is 4.32. The zero-order valence-electron chi connectivity index (χ0n) is 14.7. The Morgan fingerprint density at radius 3 is 2.60 bits per heavy atom. The van der Waals surface area contributed by atoms with E-state index >= 15 is 0 Å². The molecule has 1 amide bonds. The van der Waals surface area contributed by atoms with Gasteiger partial charge in [0.05, 0.1) is 20.8 Å². The van der Waals surface area contributed by atoms with Crippen molar-refractivity contribution in [3.05, 3.63) is 71.0 Å². The van der Waals surface area contributed by atoms with Gasteiger partial charge in [-0.1, -0.05) is 18.2 Å². The van der Waals surface area contributed by atoms with Crippen molar-refractivity contribution >= 4 is 17.2 Å². The summed E-state index contributed by atoms with van der Waals surface area (Å²) in [4.78, 5) is 15.9. The van der Waals surface area contributed by atoms with Crippen LogP contribution in [0.2, 0.25) is 0 Å². The van der Waals surface area contributed by atoms with E-state index in [4.69, 9.17) is 9.47 Å². The van der Waals surface area contributed by atoms with Crippen LogP contribution in [0.3, 0.4) is 0 Å². The lowest BCUT2D eigenvalue weighted by Gasteiger charge is -2.22. The maximum atomic E-state index is 13.0. The fourth-order valence-electron chi connectivity index (χ4n) is 2.62. The molecule has 0 aliphatic heterocycles. The topological polar surface area (TPSA) is 38.8 Å².